The van der Waals surface area contributed by atoms with Crippen LogP contribution in [0.1, 0.15) is 36.0 Å². The third-order valence-electron chi connectivity index (χ3n) is 7.21. The van der Waals surface area contributed by atoms with Gasteiger partial charge < -0.3 is 15.4 Å². The Labute approximate surface area is 202 Å². The van der Waals surface area contributed by atoms with Gasteiger partial charge in [0.25, 0.3) is 0 Å². The highest BCUT2D eigenvalue weighted by Gasteiger charge is 2.44. The van der Waals surface area contributed by atoms with Crippen molar-refractivity contribution < 1.29 is 14.3 Å². The molecule has 2 aromatic rings. The van der Waals surface area contributed by atoms with Crippen molar-refractivity contribution in [2.24, 2.45) is 0 Å². The zero-order valence-electron chi connectivity index (χ0n) is 20.4. The summed E-state index contributed by atoms with van der Waals surface area (Å²) in [4.78, 5) is 30.1. The molecule has 2 amide bonds. The van der Waals surface area contributed by atoms with Crippen molar-refractivity contribution >= 4 is 11.8 Å². The summed E-state index contributed by atoms with van der Waals surface area (Å²) in [5.74, 6) is 0.938. The summed E-state index contributed by atoms with van der Waals surface area (Å²) < 4.78 is 5.17. The molecule has 2 aliphatic heterocycles. The van der Waals surface area contributed by atoms with Crippen LogP contribution in [0.5, 0.6) is 5.75 Å². The molecule has 2 aliphatic rings. The van der Waals surface area contributed by atoms with Crippen molar-refractivity contribution in [2.45, 2.75) is 57.4 Å². The second-order valence-corrected chi connectivity index (χ2v) is 9.48. The van der Waals surface area contributed by atoms with Gasteiger partial charge >= 0.3 is 0 Å². The second kappa shape index (κ2) is 11.0. The first kappa shape index (κ1) is 24.2. The lowest BCUT2D eigenvalue weighted by Gasteiger charge is -2.33. The number of benzene rings is 2. The molecule has 0 saturated carbocycles. The molecule has 0 aromatic heterocycles. The first-order valence-electron chi connectivity index (χ1n) is 12.1. The zero-order valence-corrected chi connectivity index (χ0v) is 20.4. The largest absolute Gasteiger partial charge is 0.497 e. The molecule has 0 spiro atoms. The third kappa shape index (κ3) is 5.77. The van der Waals surface area contributed by atoms with Gasteiger partial charge in [0, 0.05) is 44.7 Å². The van der Waals surface area contributed by atoms with Gasteiger partial charge in [0.1, 0.15) is 11.8 Å². The summed E-state index contributed by atoms with van der Waals surface area (Å²) in [7, 11) is 3.74. The van der Waals surface area contributed by atoms with Crippen molar-refractivity contribution in [1.82, 2.24) is 20.4 Å². The maximum atomic E-state index is 13.0. The normalized spacial score (nSPS) is 23.1. The number of amides is 2. The van der Waals surface area contributed by atoms with Gasteiger partial charge in [-0.15, -0.1) is 0 Å². The van der Waals surface area contributed by atoms with E-state index in [4.69, 9.17) is 4.74 Å². The van der Waals surface area contributed by atoms with Gasteiger partial charge in [-0.1, -0.05) is 42.0 Å². The highest BCUT2D eigenvalue weighted by molar-refractivity contribution is 5.83. The number of ether oxygens (including phenoxy) is 1. The first-order chi connectivity index (χ1) is 16.4. The van der Waals surface area contributed by atoms with Crippen LogP contribution >= 0.6 is 0 Å². The van der Waals surface area contributed by atoms with E-state index in [1.54, 1.807) is 7.11 Å². The Morgan fingerprint density at radius 1 is 1.12 bits per heavy atom. The molecule has 2 saturated heterocycles. The molecular formula is C27H36N4O3. The molecule has 0 aliphatic carbocycles. The van der Waals surface area contributed by atoms with Crippen LogP contribution in [-0.2, 0) is 22.7 Å². The highest BCUT2D eigenvalue weighted by Crippen LogP contribution is 2.28. The Balaban J connectivity index is 1.30. The number of aryl methyl sites for hydroxylation is 1. The molecule has 2 heterocycles. The Hall–Kier alpha value is -2.90. The van der Waals surface area contributed by atoms with Crippen LogP contribution < -0.4 is 15.4 Å². The van der Waals surface area contributed by atoms with Crippen molar-refractivity contribution in [3.8, 4) is 5.75 Å². The molecule has 2 N–H and O–H groups in total. The van der Waals surface area contributed by atoms with E-state index in [0.717, 1.165) is 30.8 Å². The van der Waals surface area contributed by atoms with E-state index in [2.05, 4.69) is 58.7 Å². The summed E-state index contributed by atoms with van der Waals surface area (Å²) in [6.45, 7) is 4.84. The van der Waals surface area contributed by atoms with E-state index in [1.807, 2.05) is 24.3 Å². The number of fused-ring (bicyclic) bond motifs is 1. The fraction of sp³-hybridized carbons (Fsp3) is 0.481. The summed E-state index contributed by atoms with van der Waals surface area (Å²) >= 11 is 0. The average molecular weight is 465 g/mol. The number of hydrogen-bond donors (Lipinski definition) is 2. The number of hydrogen-bond acceptors (Lipinski definition) is 5. The van der Waals surface area contributed by atoms with Crippen molar-refractivity contribution in [3.05, 3.63) is 65.2 Å². The van der Waals surface area contributed by atoms with Crippen LogP contribution in [0.15, 0.2) is 48.5 Å². The number of nitrogens with one attached hydrogen (secondary N) is 2. The fourth-order valence-electron chi connectivity index (χ4n) is 5.08. The Kier molecular flexibility index (Phi) is 7.85. The van der Waals surface area contributed by atoms with Gasteiger partial charge in [-0.25, -0.2) is 0 Å². The molecular weight excluding hydrogens is 428 g/mol. The zero-order chi connectivity index (χ0) is 24.1. The van der Waals surface area contributed by atoms with Gasteiger partial charge in [-0.2, -0.15) is 0 Å². The topological polar surface area (TPSA) is 73.9 Å². The molecule has 34 heavy (non-hydrogen) atoms. The highest BCUT2D eigenvalue weighted by atomic mass is 16.5. The Morgan fingerprint density at radius 2 is 1.82 bits per heavy atom. The van der Waals surface area contributed by atoms with Crippen LogP contribution in [-0.4, -0.2) is 67.0 Å². The van der Waals surface area contributed by atoms with Gasteiger partial charge in [-0.05, 0) is 50.1 Å². The number of likely N-dealkylation sites (tertiary alicyclic amines) is 1. The molecule has 0 radical (unpaired) electrons. The average Bonchev–Trinajstić information content (AvgIpc) is 3.22. The Bertz CT molecular complexity index is 976. The number of likely N-dealkylation sites (N-methyl/N-ethyl adjacent to an activating group) is 1. The summed E-state index contributed by atoms with van der Waals surface area (Å²) in [5, 5.41) is 6.15. The molecule has 2 aromatic carbocycles. The van der Waals surface area contributed by atoms with Crippen LogP contribution in [0, 0.1) is 6.92 Å². The summed E-state index contributed by atoms with van der Waals surface area (Å²) in [5.41, 5.74) is 3.51. The van der Waals surface area contributed by atoms with E-state index >= 15 is 0 Å². The standard InChI is InChI=1S/C27H36N4O3/c1-19-4-6-21(7-5-19)18-31-15-14-24-26(31)27(33)29-17-22(30(24)2)10-13-25(32)28-16-20-8-11-23(34-3)12-9-20/h4-9,11-12,22,24,26H,10,13-18H2,1-3H3,(H,28,32)(H,29,33)/t22-,24+,26-/m0/s1. The molecule has 7 nitrogen and oxygen atoms in total. The first-order valence-corrected chi connectivity index (χ1v) is 12.1. The quantitative estimate of drug-likeness (QED) is 0.628. The maximum Gasteiger partial charge on any atom is 0.239 e. The van der Waals surface area contributed by atoms with Gasteiger partial charge in [0.2, 0.25) is 11.8 Å². The molecule has 2 fully saturated rings. The number of carbonyl (C=O) groups is 2. The van der Waals surface area contributed by atoms with Gasteiger partial charge in [-0.3, -0.25) is 19.4 Å². The van der Waals surface area contributed by atoms with Gasteiger partial charge in [0.15, 0.2) is 0 Å². The molecule has 182 valence electrons. The molecule has 3 atom stereocenters. The maximum absolute atomic E-state index is 13.0. The predicted octanol–water partition coefficient (Wildman–Crippen LogP) is 2.47. The SMILES string of the molecule is COc1ccc(CNC(=O)CC[C@H]2CNC(=O)[C@@H]3[C@@H](CCN3Cc3ccc(C)cc3)N2C)cc1. The minimum absolute atomic E-state index is 0.0313. The lowest BCUT2D eigenvalue weighted by molar-refractivity contribution is -0.126. The van der Waals surface area contributed by atoms with Crippen molar-refractivity contribution in [1.29, 1.82) is 0 Å². The van der Waals surface area contributed by atoms with Crippen molar-refractivity contribution in [2.75, 3.05) is 27.2 Å². The fourth-order valence-corrected chi connectivity index (χ4v) is 5.08. The predicted molar refractivity (Wildman–Crippen MR) is 132 cm³/mol. The minimum atomic E-state index is -0.153. The molecule has 0 bridgehead atoms. The van der Waals surface area contributed by atoms with E-state index in [0.29, 0.717) is 25.9 Å². The lowest BCUT2D eigenvalue weighted by Crippen LogP contribution is -2.49. The number of methoxy groups -OCH3 is 1. The lowest BCUT2D eigenvalue weighted by atomic mass is 10.0. The van der Waals surface area contributed by atoms with Crippen LogP contribution in [0.25, 0.3) is 0 Å². The monoisotopic (exact) mass is 464 g/mol. The molecule has 0 unspecified atom stereocenters. The number of carbonyl (C=O) groups excluding carboxylic acids is 2. The van der Waals surface area contributed by atoms with Crippen LogP contribution in [0.2, 0.25) is 0 Å². The molecule has 7 heteroatoms. The second-order valence-electron chi connectivity index (χ2n) is 9.48. The van der Waals surface area contributed by atoms with E-state index < -0.39 is 0 Å². The smallest absolute Gasteiger partial charge is 0.239 e. The number of rotatable bonds is 8. The van der Waals surface area contributed by atoms with Gasteiger partial charge in [0.05, 0.1) is 7.11 Å². The van der Waals surface area contributed by atoms with E-state index in [1.165, 1.54) is 11.1 Å². The summed E-state index contributed by atoms with van der Waals surface area (Å²) in [6, 6.07) is 16.4. The number of nitrogens with zero attached hydrogens (tertiary/aromatic N) is 2. The van der Waals surface area contributed by atoms with Crippen LogP contribution in [0.3, 0.4) is 0 Å². The van der Waals surface area contributed by atoms with E-state index in [9.17, 15) is 9.59 Å². The third-order valence-corrected chi connectivity index (χ3v) is 7.21. The van der Waals surface area contributed by atoms with Crippen LogP contribution in [0.4, 0.5) is 0 Å². The minimum Gasteiger partial charge on any atom is -0.497 e. The van der Waals surface area contributed by atoms with Crippen molar-refractivity contribution in [3.63, 3.8) is 0 Å². The summed E-state index contributed by atoms with van der Waals surface area (Å²) in [6.07, 6.45) is 2.11. The van der Waals surface area contributed by atoms with E-state index in [-0.39, 0.29) is 29.9 Å². The molecule has 4 rings (SSSR count). The Morgan fingerprint density at radius 3 is 2.53 bits per heavy atom.